The zero-order valence-electron chi connectivity index (χ0n) is 14.0. The van der Waals surface area contributed by atoms with Gasteiger partial charge in [-0.2, -0.15) is 0 Å². The number of benzene rings is 2. The minimum Gasteiger partial charge on any atom is -0.493 e. The van der Waals surface area contributed by atoms with Crippen molar-refractivity contribution < 1.29 is 33.3 Å². The molecule has 0 spiro atoms. The van der Waals surface area contributed by atoms with Gasteiger partial charge in [-0.15, -0.1) is 0 Å². The third kappa shape index (κ3) is 5.14. The highest BCUT2D eigenvalue weighted by Gasteiger charge is 2.25. The van der Waals surface area contributed by atoms with Crippen molar-refractivity contribution in [1.29, 1.82) is 0 Å². The number of hydrogen-bond acceptors (Lipinski definition) is 5. The standard InChI is InChI=1S/C18H19F2NO5/c1-25-17-13(7-12(19)8-14(17)20)16(23)15(22)9-21-18(24)26-10-11-5-3-2-4-6-11/h2-8,15-16,22-23H,9-10H2,1H3,(H,21,24). The maximum absolute atomic E-state index is 13.7. The average Bonchev–Trinajstić information content (AvgIpc) is 2.64. The van der Waals surface area contributed by atoms with Crippen molar-refractivity contribution in [2.75, 3.05) is 13.7 Å². The zero-order valence-corrected chi connectivity index (χ0v) is 14.0. The van der Waals surface area contributed by atoms with Crippen LogP contribution in [-0.2, 0) is 11.3 Å². The Labute approximate surface area is 149 Å². The number of hydrogen-bond donors (Lipinski definition) is 3. The SMILES string of the molecule is COc1c(F)cc(F)cc1C(O)C(O)CNC(=O)OCc1ccccc1. The van der Waals surface area contributed by atoms with Crippen molar-refractivity contribution in [3.05, 3.63) is 65.2 Å². The van der Waals surface area contributed by atoms with Crippen LogP contribution in [0.4, 0.5) is 13.6 Å². The Balaban J connectivity index is 1.91. The summed E-state index contributed by atoms with van der Waals surface area (Å²) in [7, 11) is 1.15. The highest BCUT2D eigenvalue weighted by Crippen LogP contribution is 2.30. The lowest BCUT2D eigenvalue weighted by Crippen LogP contribution is -2.36. The van der Waals surface area contributed by atoms with Gasteiger partial charge in [0.1, 0.15) is 24.6 Å². The van der Waals surface area contributed by atoms with Crippen LogP contribution in [0, 0.1) is 11.6 Å². The molecule has 2 aromatic rings. The van der Waals surface area contributed by atoms with Crippen LogP contribution in [0.3, 0.4) is 0 Å². The van der Waals surface area contributed by atoms with Crippen molar-refractivity contribution in [3.8, 4) is 5.75 Å². The number of nitrogens with one attached hydrogen (secondary N) is 1. The molecular formula is C18H19F2NO5. The largest absolute Gasteiger partial charge is 0.493 e. The van der Waals surface area contributed by atoms with Gasteiger partial charge < -0.3 is 25.0 Å². The predicted octanol–water partition coefficient (Wildman–Crippen LogP) is 2.29. The predicted molar refractivity (Wildman–Crippen MR) is 88.5 cm³/mol. The van der Waals surface area contributed by atoms with Gasteiger partial charge in [0, 0.05) is 18.2 Å². The molecule has 0 aliphatic carbocycles. The summed E-state index contributed by atoms with van der Waals surface area (Å²) in [4.78, 5) is 11.6. The van der Waals surface area contributed by atoms with Crippen LogP contribution in [0.25, 0.3) is 0 Å². The molecule has 0 bridgehead atoms. The number of aliphatic hydroxyl groups is 2. The molecule has 3 N–H and O–H groups in total. The van der Waals surface area contributed by atoms with Crippen LogP contribution >= 0.6 is 0 Å². The first-order valence-electron chi connectivity index (χ1n) is 7.76. The van der Waals surface area contributed by atoms with Crippen molar-refractivity contribution in [1.82, 2.24) is 5.32 Å². The molecular weight excluding hydrogens is 348 g/mol. The van der Waals surface area contributed by atoms with Crippen LogP contribution in [-0.4, -0.2) is 36.1 Å². The molecule has 2 aromatic carbocycles. The van der Waals surface area contributed by atoms with E-state index in [1.807, 2.05) is 6.07 Å². The second-order valence-corrected chi connectivity index (χ2v) is 5.46. The monoisotopic (exact) mass is 367 g/mol. The van der Waals surface area contributed by atoms with Gasteiger partial charge >= 0.3 is 6.09 Å². The summed E-state index contributed by atoms with van der Waals surface area (Å²) in [6, 6.07) is 10.4. The Bertz CT molecular complexity index is 742. The van der Waals surface area contributed by atoms with Gasteiger partial charge in [0.2, 0.25) is 0 Å². The summed E-state index contributed by atoms with van der Waals surface area (Å²) in [5, 5.41) is 22.4. The fourth-order valence-corrected chi connectivity index (χ4v) is 2.30. The highest BCUT2D eigenvalue weighted by molar-refractivity contribution is 5.67. The van der Waals surface area contributed by atoms with Crippen LogP contribution in [0.15, 0.2) is 42.5 Å². The fraction of sp³-hybridized carbons (Fsp3) is 0.278. The number of carbonyl (C=O) groups excluding carboxylic acids is 1. The van der Waals surface area contributed by atoms with E-state index in [4.69, 9.17) is 9.47 Å². The van der Waals surface area contributed by atoms with Gasteiger partial charge in [-0.05, 0) is 11.6 Å². The van der Waals surface area contributed by atoms with E-state index in [1.54, 1.807) is 24.3 Å². The van der Waals surface area contributed by atoms with Crippen LogP contribution in [0.5, 0.6) is 5.75 Å². The first-order chi connectivity index (χ1) is 12.4. The minimum absolute atomic E-state index is 0.0360. The molecule has 2 unspecified atom stereocenters. The molecule has 0 fully saturated rings. The summed E-state index contributed by atoms with van der Waals surface area (Å²) in [5.74, 6) is -2.33. The molecule has 0 aliphatic rings. The van der Waals surface area contributed by atoms with E-state index in [1.165, 1.54) is 0 Å². The first-order valence-corrected chi connectivity index (χ1v) is 7.76. The molecule has 8 heteroatoms. The highest BCUT2D eigenvalue weighted by atomic mass is 19.1. The van der Waals surface area contributed by atoms with E-state index >= 15 is 0 Å². The lowest BCUT2D eigenvalue weighted by atomic mass is 10.0. The summed E-state index contributed by atoms with van der Waals surface area (Å²) in [6.45, 7) is -0.357. The van der Waals surface area contributed by atoms with Crippen LogP contribution in [0.1, 0.15) is 17.2 Å². The normalized spacial score (nSPS) is 13.0. The lowest BCUT2D eigenvalue weighted by molar-refractivity contribution is 0.0166. The molecule has 0 aliphatic heterocycles. The molecule has 140 valence electrons. The number of rotatable bonds is 7. The third-order valence-corrected chi connectivity index (χ3v) is 3.59. The molecule has 0 radical (unpaired) electrons. The third-order valence-electron chi connectivity index (χ3n) is 3.59. The quantitative estimate of drug-likeness (QED) is 0.699. The Hall–Kier alpha value is -2.71. The molecule has 2 atom stereocenters. The summed E-state index contributed by atoms with van der Waals surface area (Å²) < 4.78 is 36.8. The Kier molecular flexibility index (Phi) is 6.88. The van der Waals surface area contributed by atoms with E-state index in [-0.39, 0.29) is 17.9 Å². The van der Waals surface area contributed by atoms with E-state index in [2.05, 4.69) is 5.32 Å². The lowest BCUT2D eigenvalue weighted by Gasteiger charge is -2.21. The average molecular weight is 367 g/mol. The van der Waals surface area contributed by atoms with E-state index in [9.17, 15) is 23.8 Å². The summed E-state index contributed by atoms with van der Waals surface area (Å²) >= 11 is 0. The number of carbonyl (C=O) groups is 1. The maximum atomic E-state index is 13.7. The second-order valence-electron chi connectivity index (χ2n) is 5.46. The second kappa shape index (κ2) is 9.12. The van der Waals surface area contributed by atoms with Gasteiger partial charge in [-0.25, -0.2) is 13.6 Å². The molecule has 26 heavy (non-hydrogen) atoms. The summed E-state index contributed by atoms with van der Waals surface area (Å²) in [5.41, 5.74) is 0.514. The topological polar surface area (TPSA) is 88.0 Å². The van der Waals surface area contributed by atoms with E-state index in [0.717, 1.165) is 18.7 Å². The van der Waals surface area contributed by atoms with Crippen molar-refractivity contribution in [3.63, 3.8) is 0 Å². The van der Waals surface area contributed by atoms with Gasteiger partial charge in [-0.1, -0.05) is 30.3 Å². The fourth-order valence-electron chi connectivity index (χ4n) is 2.30. The van der Waals surface area contributed by atoms with E-state index < -0.39 is 36.5 Å². The number of halogens is 2. The van der Waals surface area contributed by atoms with Gasteiger partial charge in [0.15, 0.2) is 11.6 Å². The first kappa shape index (κ1) is 19.6. The van der Waals surface area contributed by atoms with Gasteiger partial charge in [0.05, 0.1) is 7.11 Å². The van der Waals surface area contributed by atoms with Gasteiger partial charge in [0.25, 0.3) is 0 Å². The molecule has 6 nitrogen and oxygen atoms in total. The number of amides is 1. The Morgan fingerprint density at radius 2 is 1.88 bits per heavy atom. The zero-order chi connectivity index (χ0) is 19.1. The molecule has 1 amide bonds. The molecule has 0 saturated heterocycles. The molecule has 0 aromatic heterocycles. The van der Waals surface area contributed by atoms with Crippen LogP contribution < -0.4 is 10.1 Å². The minimum atomic E-state index is -1.68. The Morgan fingerprint density at radius 3 is 2.54 bits per heavy atom. The van der Waals surface area contributed by atoms with Crippen molar-refractivity contribution >= 4 is 6.09 Å². The smallest absolute Gasteiger partial charge is 0.407 e. The number of aliphatic hydroxyl groups excluding tert-OH is 2. The van der Waals surface area contributed by atoms with Crippen molar-refractivity contribution in [2.24, 2.45) is 0 Å². The Morgan fingerprint density at radius 1 is 1.19 bits per heavy atom. The van der Waals surface area contributed by atoms with Crippen molar-refractivity contribution in [2.45, 2.75) is 18.8 Å². The van der Waals surface area contributed by atoms with E-state index in [0.29, 0.717) is 6.07 Å². The van der Waals surface area contributed by atoms with Crippen LogP contribution in [0.2, 0.25) is 0 Å². The molecule has 0 heterocycles. The molecule has 0 saturated carbocycles. The number of alkyl carbamates (subject to hydrolysis) is 1. The maximum Gasteiger partial charge on any atom is 0.407 e. The van der Waals surface area contributed by atoms with Gasteiger partial charge in [-0.3, -0.25) is 0 Å². The number of methoxy groups -OCH3 is 1. The number of ether oxygens (including phenoxy) is 2. The summed E-state index contributed by atoms with van der Waals surface area (Å²) in [6.07, 6.45) is -4.02. The molecule has 2 rings (SSSR count).